The fraction of sp³-hybridized carbons (Fsp3) is 0.480. The molecule has 1 aromatic carbocycles. The molecule has 4 heterocycles. The van der Waals surface area contributed by atoms with Crippen molar-refractivity contribution < 1.29 is 4.79 Å². The highest BCUT2D eigenvalue weighted by Gasteiger charge is 2.31. The van der Waals surface area contributed by atoms with Crippen molar-refractivity contribution in [3.05, 3.63) is 58.4 Å². The van der Waals surface area contributed by atoms with Crippen LogP contribution in [0.15, 0.2) is 30.5 Å². The second kappa shape index (κ2) is 8.20. The monoisotopic (exact) mass is 432 g/mol. The molecule has 2 aliphatic heterocycles. The first-order chi connectivity index (χ1) is 15.4. The molecule has 0 spiro atoms. The number of carbonyl (C=O) groups excluding carboxylic acids is 1. The van der Waals surface area contributed by atoms with Crippen LogP contribution in [0, 0.1) is 20.8 Å². The maximum absolute atomic E-state index is 13.4. The Morgan fingerprint density at radius 3 is 2.62 bits per heavy atom. The van der Waals surface area contributed by atoms with Gasteiger partial charge in [0.15, 0.2) is 5.65 Å². The van der Waals surface area contributed by atoms with Crippen molar-refractivity contribution in [2.75, 3.05) is 24.5 Å². The van der Waals surface area contributed by atoms with Gasteiger partial charge in [-0.25, -0.2) is 9.50 Å². The number of aryl methyl sites for hydroxylation is 3. The number of fused-ring (bicyclic) bond motifs is 1. The lowest BCUT2D eigenvalue weighted by molar-refractivity contribution is 0.0605. The maximum Gasteiger partial charge on any atom is 0.254 e. The normalized spacial score (nSPS) is 21.5. The van der Waals surface area contributed by atoms with Gasteiger partial charge in [-0.3, -0.25) is 4.79 Å². The summed E-state index contributed by atoms with van der Waals surface area (Å²) in [5.41, 5.74) is 12.0. The zero-order valence-electron chi connectivity index (χ0n) is 19.2. The lowest BCUT2D eigenvalue weighted by atomic mass is 9.97. The van der Waals surface area contributed by atoms with E-state index in [1.54, 1.807) is 0 Å². The van der Waals surface area contributed by atoms with E-state index in [1.165, 1.54) is 5.56 Å². The fourth-order valence-electron chi connectivity index (χ4n) is 5.00. The summed E-state index contributed by atoms with van der Waals surface area (Å²) in [5, 5.41) is 4.85. The average molecular weight is 433 g/mol. The summed E-state index contributed by atoms with van der Waals surface area (Å²) in [5.74, 6) is 1.08. The van der Waals surface area contributed by atoms with Gasteiger partial charge in [0.1, 0.15) is 5.82 Å². The van der Waals surface area contributed by atoms with E-state index in [-0.39, 0.29) is 18.0 Å². The van der Waals surface area contributed by atoms with Crippen LogP contribution >= 0.6 is 0 Å². The van der Waals surface area contributed by atoms with E-state index < -0.39 is 0 Å². The summed E-state index contributed by atoms with van der Waals surface area (Å²) in [7, 11) is 0. The molecule has 2 N–H and O–H groups in total. The fourth-order valence-corrected chi connectivity index (χ4v) is 5.00. The summed E-state index contributed by atoms with van der Waals surface area (Å²) < 4.78 is 1.86. The number of anilines is 1. The highest BCUT2D eigenvalue weighted by molar-refractivity contribution is 5.94. The predicted molar refractivity (Wildman–Crippen MR) is 126 cm³/mol. The van der Waals surface area contributed by atoms with Gasteiger partial charge in [-0.05, 0) is 69.7 Å². The highest BCUT2D eigenvalue weighted by atomic mass is 16.2. The average Bonchev–Trinajstić information content (AvgIpc) is 3.40. The molecule has 168 valence electrons. The molecule has 3 aromatic rings. The molecule has 2 atom stereocenters. The maximum atomic E-state index is 13.4. The quantitative estimate of drug-likeness (QED) is 0.685. The van der Waals surface area contributed by atoms with Crippen LogP contribution in [0.3, 0.4) is 0 Å². The third-order valence-electron chi connectivity index (χ3n) is 7.01. The molecule has 7 nitrogen and oxygen atoms in total. The van der Waals surface area contributed by atoms with Gasteiger partial charge >= 0.3 is 0 Å². The number of piperidine rings is 1. The largest absolute Gasteiger partial charge is 0.355 e. The number of aromatic nitrogens is 3. The second-order valence-corrected chi connectivity index (χ2v) is 9.42. The Morgan fingerprint density at radius 1 is 1.03 bits per heavy atom. The van der Waals surface area contributed by atoms with Crippen LogP contribution < -0.4 is 10.6 Å². The minimum atomic E-state index is -0.0245. The van der Waals surface area contributed by atoms with Gasteiger partial charge in [-0.1, -0.05) is 6.07 Å². The Hall–Kier alpha value is -2.93. The van der Waals surface area contributed by atoms with Gasteiger partial charge in [0, 0.05) is 49.1 Å². The smallest absolute Gasteiger partial charge is 0.254 e. The van der Waals surface area contributed by atoms with Crippen LogP contribution in [0.5, 0.6) is 0 Å². The van der Waals surface area contributed by atoms with Crippen molar-refractivity contribution in [2.24, 2.45) is 5.73 Å². The number of likely N-dealkylation sites (tertiary alicyclic amines) is 1. The van der Waals surface area contributed by atoms with Gasteiger partial charge in [0.05, 0.1) is 11.7 Å². The first-order valence-electron chi connectivity index (χ1n) is 11.7. The van der Waals surface area contributed by atoms with Crippen molar-refractivity contribution >= 4 is 17.4 Å². The molecule has 0 saturated carbocycles. The molecule has 0 unspecified atom stereocenters. The molecule has 5 rings (SSSR count). The number of nitrogens with two attached hydrogens (primary N) is 1. The Morgan fingerprint density at radius 2 is 1.88 bits per heavy atom. The van der Waals surface area contributed by atoms with Gasteiger partial charge < -0.3 is 15.5 Å². The van der Waals surface area contributed by atoms with Crippen molar-refractivity contribution in [3.63, 3.8) is 0 Å². The summed E-state index contributed by atoms with van der Waals surface area (Å²) in [4.78, 5) is 22.6. The molecular formula is C25H32N6O. The molecule has 1 amide bonds. The topological polar surface area (TPSA) is 79.8 Å². The van der Waals surface area contributed by atoms with Crippen LogP contribution in [-0.4, -0.2) is 51.1 Å². The van der Waals surface area contributed by atoms with E-state index in [2.05, 4.69) is 31.7 Å². The molecule has 0 aliphatic carbocycles. The summed E-state index contributed by atoms with van der Waals surface area (Å²) >= 11 is 0. The lowest BCUT2D eigenvalue weighted by Gasteiger charge is -2.35. The summed E-state index contributed by atoms with van der Waals surface area (Å²) in [6, 6.07) is 8.22. The van der Waals surface area contributed by atoms with Gasteiger partial charge in [-0.15, -0.1) is 0 Å². The molecule has 2 aromatic heterocycles. The molecule has 32 heavy (non-hydrogen) atoms. The molecule has 2 fully saturated rings. The van der Waals surface area contributed by atoms with E-state index >= 15 is 0 Å². The van der Waals surface area contributed by atoms with Crippen LogP contribution in [0.4, 0.5) is 5.82 Å². The van der Waals surface area contributed by atoms with Crippen LogP contribution in [0.25, 0.3) is 5.65 Å². The third kappa shape index (κ3) is 3.75. The van der Waals surface area contributed by atoms with Crippen molar-refractivity contribution in [1.82, 2.24) is 19.5 Å². The Balaban J connectivity index is 1.47. The Kier molecular flexibility index (Phi) is 5.37. The van der Waals surface area contributed by atoms with E-state index in [9.17, 15) is 4.79 Å². The summed E-state index contributed by atoms with van der Waals surface area (Å²) in [6.07, 6.45) is 6.08. The highest BCUT2D eigenvalue weighted by Crippen LogP contribution is 2.33. The van der Waals surface area contributed by atoms with Crippen molar-refractivity contribution in [1.29, 1.82) is 0 Å². The SMILES string of the molecule is Cc1ccc(C(=O)N2CCCC[C@H]2c2cc3nc(N4CC[C@H](N)C4)c(C)cn3n2)cc1C. The first-order valence-corrected chi connectivity index (χ1v) is 11.7. The van der Waals surface area contributed by atoms with E-state index in [0.29, 0.717) is 0 Å². The number of carbonyl (C=O) groups is 1. The molecule has 2 aliphatic rings. The number of benzene rings is 1. The third-order valence-corrected chi connectivity index (χ3v) is 7.01. The molecular weight excluding hydrogens is 400 g/mol. The van der Waals surface area contributed by atoms with E-state index in [4.69, 9.17) is 15.8 Å². The zero-order chi connectivity index (χ0) is 22.4. The van der Waals surface area contributed by atoms with Crippen LogP contribution in [0.2, 0.25) is 0 Å². The molecule has 0 bridgehead atoms. The molecule has 2 saturated heterocycles. The zero-order valence-corrected chi connectivity index (χ0v) is 19.2. The number of hydrogen-bond donors (Lipinski definition) is 1. The minimum Gasteiger partial charge on any atom is -0.355 e. The first kappa shape index (κ1) is 20.9. The van der Waals surface area contributed by atoms with Crippen molar-refractivity contribution in [2.45, 2.75) is 58.5 Å². The van der Waals surface area contributed by atoms with Crippen LogP contribution in [-0.2, 0) is 0 Å². The lowest BCUT2D eigenvalue weighted by Crippen LogP contribution is -2.38. The van der Waals surface area contributed by atoms with Gasteiger partial charge in [-0.2, -0.15) is 5.10 Å². The van der Waals surface area contributed by atoms with Gasteiger partial charge in [0.2, 0.25) is 0 Å². The standard InChI is InChI=1S/C25H32N6O/c1-16-7-8-19(12-17(16)2)25(32)30-10-5-4-6-22(30)21-13-23-27-24(18(3)14-31(23)28-21)29-11-9-20(26)15-29/h7-8,12-14,20,22H,4-6,9-11,15,26H2,1-3H3/t20-,22-/m0/s1. The minimum absolute atomic E-state index is 0.0245. The van der Waals surface area contributed by atoms with Crippen LogP contribution in [0.1, 0.15) is 64.5 Å². The Labute approximate surface area is 189 Å². The number of amides is 1. The second-order valence-electron chi connectivity index (χ2n) is 9.42. The summed E-state index contributed by atoms with van der Waals surface area (Å²) in [6.45, 7) is 8.74. The number of hydrogen-bond acceptors (Lipinski definition) is 5. The van der Waals surface area contributed by atoms with Crippen molar-refractivity contribution in [3.8, 4) is 0 Å². The molecule has 0 radical (unpaired) electrons. The van der Waals surface area contributed by atoms with Gasteiger partial charge in [0.25, 0.3) is 5.91 Å². The van der Waals surface area contributed by atoms with E-state index in [0.717, 1.165) is 79.2 Å². The Bertz CT molecular complexity index is 1170. The predicted octanol–water partition coefficient (Wildman–Crippen LogP) is 3.56. The number of rotatable bonds is 3. The number of nitrogens with zero attached hydrogens (tertiary/aromatic N) is 5. The van der Waals surface area contributed by atoms with E-state index in [1.807, 2.05) is 33.8 Å². The molecule has 7 heteroatoms.